The third-order valence-electron chi connectivity index (χ3n) is 2.77. The fourth-order valence-corrected chi connectivity index (χ4v) is 1.74. The Morgan fingerprint density at radius 3 is 2.76 bits per heavy atom. The second-order valence-corrected chi connectivity index (χ2v) is 4.37. The number of aliphatic hydroxyl groups excluding tert-OH is 1. The number of aromatic nitrogens is 2. The second-order valence-electron chi connectivity index (χ2n) is 4.37. The molecule has 5 heteroatoms. The minimum absolute atomic E-state index is 0.178. The van der Waals surface area contributed by atoms with E-state index in [1.54, 1.807) is 30.3 Å². The molecule has 106 valence electrons. The average Bonchev–Trinajstić information content (AvgIpc) is 2.53. The van der Waals surface area contributed by atoms with Gasteiger partial charge in [-0.05, 0) is 24.3 Å². The standard InChI is InChI=1S/C16H15N3O2/c1-19(12-14-6-2-3-9-17-14)16(21)15-8-7-13(11-18-15)5-4-10-20/h2-3,6-9,11,20H,10,12H2,1H3. The maximum Gasteiger partial charge on any atom is 0.272 e. The molecule has 0 aromatic carbocycles. The Balaban J connectivity index is 2.05. The van der Waals surface area contributed by atoms with E-state index in [9.17, 15) is 4.79 Å². The van der Waals surface area contributed by atoms with Crippen LogP contribution in [0.4, 0.5) is 0 Å². The summed E-state index contributed by atoms with van der Waals surface area (Å²) in [5, 5.41) is 8.62. The minimum Gasteiger partial charge on any atom is -0.384 e. The monoisotopic (exact) mass is 281 g/mol. The maximum atomic E-state index is 12.2. The first-order valence-corrected chi connectivity index (χ1v) is 6.42. The van der Waals surface area contributed by atoms with E-state index in [1.807, 2.05) is 18.2 Å². The molecule has 2 aromatic heterocycles. The van der Waals surface area contributed by atoms with Gasteiger partial charge < -0.3 is 10.0 Å². The van der Waals surface area contributed by atoms with Crippen LogP contribution in [-0.2, 0) is 6.54 Å². The molecule has 0 saturated carbocycles. The van der Waals surface area contributed by atoms with Crippen LogP contribution in [0.5, 0.6) is 0 Å². The predicted molar refractivity (Wildman–Crippen MR) is 78.2 cm³/mol. The van der Waals surface area contributed by atoms with E-state index < -0.39 is 0 Å². The van der Waals surface area contributed by atoms with Crippen molar-refractivity contribution >= 4 is 5.91 Å². The molecule has 0 radical (unpaired) electrons. The molecule has 2 aromatic rings. The van der Waals surface area contributed by atoms with Gasteiger partial charge in [-0.25, -0.2) is 4.98 Å². The molecule has 0 fully saturated rings. The van der Waals surface area contributed by atoms with Crippen molar-refractivity contribution in [1.29, 1.82) is 0 Å². The molecule has 0 spiro atoms. The van der Waals surface area contributed by atoms with Crippen molar-refractivity contribution in [2.45, 2.75) is 6.54 Å². The highest BCUT2D eigenvalue weighted by molar-refractivity contribution is 5.92. The quantitative estimate of drug-likeness (QED) is 0.855. The number of carbonyl (C=O) groups excluding carboxylic acids is 1. The zero-order valence-electron chi connectivity index (χ0n) is 11.7. The smallest absolute Gasteiger partial charge is 0.272 e. The van der Waals surface area contributed by atoms with Crippen molar-refractivity contribution in [3.8, 4) is 11.8 Å². The van der Waals surface area contributed by atoms with Crippen LogP contribution in [0.25, 0.3) is 0 Å². The molecule has 0 atom stereocenters. The number of nitrogens with zero attached hydrogens (tertiary/aromatic N) is 3. The van der Waals surface area contributed by atoms with Crippen molar-refractivity contribution in [3.05, 3.63) is 59.7 Å². The first-order valence-electron chi connectivity index (χ1n) is 6.42. The van der Waals surface area contributed by atoms with Gasteiger partial charge in [0.2, 0.25) is 0 Å². The zero-order chi connectivity index (χ0) is 15.1. The van der Waals surface area contributed by atoms with E-state index in [4.69, 9.17) is 5.11 Å². The van der Waals surface area contributed by atoms with Crippen LogP contribution in [-0.4, -0.2) is 39.5 Å². The van der Waals surface area contributed by atoms with Crippen molar-refractivity contribution in [2.75, 3.05) is 13.7 Å². The van der Waals surface area contributed by atoms with E-state index in [-0.39, 0.29) is 12.5 Å². The zero-order valence-corrected chi connectivity index (χ0v) is 11.7. The van der Waals surface area contributed by atoms with Crippen LogP contribution in [0.15, 0.2) is 42.7 Å². The number of amides is 1. The molecular formula is C16H15N3O2. The van der Waals surface area contributed by atoms with Crippen molar-refractivity contribution < 1.29 is 9.90 Å². The third kappa shape index (κ3) is 4.13. The Morgan fingerprint density at radius 2 is 2.14 bits per heavy atom. The number of hydrogen-bond donors (Lipinski definition) is 1. The second kappa shape index (κ2) is 7.17. The van der Waals surface area contributed by atoms with E-state index in [0.29, 0.717) is 17.8 Å². The topological polar surface area (TPSA) is 66.3 Å². The summed E-state index contributed by atoms with van der Waals surface area (Å²) in [7, 11) is 1.71. The summed E-state index contributed by atoms with van der Waals surface area (Å²) < 4.78 is 0. The van der Waals surface area contributed by atoms with Gasteiger partial charge in [-0.3, -0.25) is 9.78 Å². The Labute approximate surface area is 123 Å². The van der Waals surface area contributed by atoms with Gasteiger partial charge in [0.15, 0.2) is 0 Å². The molecule has 0 saturated heterocycles. The highest BCUT2D eigenvalue weighted by Crippen LogP contribution is 2.06. The van der Waals surface area contributed by atoms with Gasteiger partial charge in [0.05, 0.1) is 12.2 Å². The van der Waals surface area contributed by atoms with E-state index in [2.05, 4.69) is 21.8 Å². The minimum atomic E-state index is -0.201. The SMILES string of the molecule is CN(Cc1ccccn1)C(=O)c1ccc(C#CCO)cn1. The van der Waals surface area contributed by atoms with Crippen molar-refractivity contribution in [1.82, 2.24) is 14.9 Å². The van der Waals surface area contributed by atoms with Crippen LogP contribution in [0.1, 0.15) is 21.7 Å². The Bertz CT molecular complexity index is 657. The van der Waals surface area contributed by atoms with Crippen LogP contribution >= 0.6 is 0 Å². The molecular weight excluding hydrogens is 266 g/mol. The van der Waals surface area contributed by atoms with E-state index in [1.165, 1.54) is 6.20 Å². The molecule has 2 heterocycles. The number of pyridine rings is 2. The lowest BCUT2D eigenvalue weighted by molar-refractivity contribution is 0.0777. The fourth-order valence-electron chi connectivity index (χ4n) is 1.74. The predicted octanol–water partition coefficient (Wildman–Crippen LogP) is 1.09. The van der Waals surface area contributed by atoms with Gasteiger partial charge in [0.25, 0.3) is 5.91 Å². The van der Waals surface area contributed by atoms with E-state index in [0.717, 1.165) is 5.69 Å². The molecule has 0 unspecified atom stereocenters. The lowest BCUT2D eigenvalue weighted by Gasteiger charge is -2.16. The molecule has 0 aliphatic carbocycles. The number of carbonyl (C=O) groups is 1. The normalized spacial score (nSPS) is 9.62. The van der Waals surface area contributed by atoms with Crippen molar-refractivity contribution in [2.24, 2.45) is 0 Å². The summed E-state index contributed by atoms with van der Waals surface area (Å²) in [5.41, 5.74) is 1.83. The summed E-state index contributed by atoms with van der Waals surface area (Å²) in [6.45, 7) is 0.223. The molecule has 1 N–H and O–H groups in total. The van der Waals surface area contributed by atoms with Crippen LogP contribution in [0, 0.1) is 11.8 Å². The highest BCUT2D eigenvalue weighted by Gasteiger charge is 2.13. The molecule has 0 bridgehead atoms. The van der Waals surface area contributed by atoms with Crippen LogP contribution in [0.3, 0.4) is 0 Å². The van der Waals surface area contributed by atoms with Gasteiger partial charge in [-0.15, -0.1) is 0 Å². The fraction of sp³-hybridized carbons (Fsp3) is 0.188. The lowest BCUT2D eigenvalue weighted by atomic mass is 10.2. The summed E-state index contributed by atoms with van der Waals surface area (Å²) >= 11 is 0. The summed E-state index contributed by atoms with van der Waals surface area (Å²) in [6.07, 6.45) is 3.21. The highest BCUT2D eigenvalue weighted by atomic mass is 16.2. The van der Waals surface area contributed by atoms with Crippen LogP contribution < -0.4 is 0 Å². The van der Waals surface area contributed by atoms with E-state index >= 15 is 0 Å². The van der Waals surface area contributed by atoms with Gasteiger partial charge in [0, 0.05) is 25.0 Å². The number of rotatable bonds is 3. The summed E-state index contributed by atoms with van der Waals surface area (Å²) in [4.78, 5) is 22.1. The Morgan fingerprint density at radius 1 is 1.29 bits per heavy atom. The first-order chi connectivity index (χ1) is 10.2. The molecule has 5 nitrogen and oxygen atoms in total. The summed E-state index contributed by atoms with van der Waals surface area (Å²) in [6, 6.07) is 8.91. The largest absolute Gasteiger partial charge is 0.384 e. The maximum absolute atomic E-state index is 12.2. The van der Waals surface area contributed by atoms with Gasteiger partial charge in [-0.2, -0.15) is 0 Å². The Kier molecular flexibility index (Phi) is 5.02. The van der Waals surface area contributed by atoms with Gasteiger partial charge >= 0.3 is 0 Å². The molecule has 1 amide bonds. The van der Waals surface area contributed by atoms with Gasteiger partial charge in [0.1, 0.15) is 12.3 Å². The molecule has 0 aliphatic heterocycles. The van der Waals surface area contributed by atoms with Crippen LogP contribution in [0.2, 0.25) is 0 Å². The molecule has 2 rings (SSSR count). The van der Waals surface area contributed by atoms with Crippen molar-refractivity contribution in [3.63, 3.8) is 0 Å². The lowest BCUT2D eigenvalue weighted by Crippen LogP contribution is -2.27. The Hall–Kier alpha value is -2.71. The average molecular weight is 281 g/mol. The molecule has 21 heavy (non-hydrogen) atoms. The third-order valence-corrected chi connectivity index (χ3v) is 2.77. The summed E-state index contributed by atoms with van der Waals surface area (Å²) in [5.74, 6) is 5.08. The van der Waals surface area contributed by atoms with Gasteiger partial charge in [-0.1, -0.05) is 17.9 Å². The number of aliphatic hydroxyl groups is 1. The first kappa shape index (κ1) is 14.7. The number of hydrogen-bond acceptors (Lipinski definition) is 4. The molecule has 0 aliphatic rings.